The van der Waals surface area contributed by atoms with Gasteiger partial charge in [0.05, 0.1) is 5.69 Å². The number of ketones is 1. The predicted octanol–water partition coefficient (Wildman–Crippen LogP) is 0.934. The first-order valence-corrected chi connectivity index (χ1v) is 6.83. The van der Waals surface area contributed by atoms with E-state index >= 15 is 0 Å². The van der Waals surface area contributed by atoms with Crippen LogP contribution in [0.15, 0.2) is 24.3 Å². The highest BCUT2D eigenvalue weighted by molar-refractivity contribution is 7.90. The maximum atomic E-state index is 11.8. The van der Waals surface area contributed by atoms with Crippen LogP contribution >= 0.6 is 0 Å². The molecular weight excluding hydrogens is 240 g/mol. The zero-order valence-electron chi connectivity index (χ0n) is 9.51. The monoisotopic (exact) mass is 254 g/mol. The van der Waals surface area contributed by atoms with Gasteiger partial charge in [0.15, 0.2) is 5.78 Å². The number of carbonyl (C=O) groups is 1. The third-order valence-corrected chi connectivity index (χ3v) is 4.20. The number of carbonyl (C=O) groups excluding carboxylic acids is 1. The molecule has 1 N–H and O–H groups in total. The Morgan fingerprint density at radius 2 is 2.18 bits per heavy atom. The number of hydrogen-bond acceptors (Lipinski definition) is 3. The largest absolute Gasteiger partial charge is 0.301 e. The zero-order valence-corrected chi connectivity index (χ0v) is 10.3. The summed E-state index contributed by atoms with van der Waals surface area (Å²) in [6.45, 7) is 2.37. The van der Waals surface area contributed by atoms with Gasteiger partial charge in [0, 0.05) is 18.7 Å². The van der Waals surface area contributed by atoms with Crippen LogP contribution in [0.2, 0.25) is 0 Å². The Kier molecular flexibility index (Phi) is 3.17. The fourth-order valence-electron chi connectivity index (χ4n) is 1.77. The van der Waals surface area contributed by atoms with Crippen molar-refractivity contribution >= 4 is 21.7 Å². The lowest BCUT2D eigenvalue weighted by molar-refractivity contribution is 0.101. The van der Waals surface area contributed by atoms with Crippen LogP contribution in [0.5, 0.6) is 0 Å². The van der Waals surface area contributed by atoms with Gasteiger partial charge in [0.25, 0.3) is 0 Å². The van der Waals surface area contributed by atoms with E-state index in [0.29, 0.717) is 24.3 Å². The molecule has 0 aliphatic carbocycles. The van der Waals surface area contributed by atoms with Crippen molar-refractivity contribution in [3.05, 3.63) is 29.8 Å². The van der Waals surface area contributed by atoms with E-state index in [1.54, 1.807) is 24.3 Å². The molecule has 0 atom stereocenters. The maximum Gasteiger partial charge on any atom is 0.301 e. The third kappa shape index (κ3) is 2.48. The third-order valence-electron chi connectivity index (χ3n) is 2.65. The lowest BCUT2D eigenvalue weighted by Crippen LogP contribution is -2.47. The van der Waals surface area contributed by atoms with E-state index in [1.807, 2.05) is 0 Å². The van der Waals surface area contributed by atoms with Gasteiger partial charge in [-0.25, -0.2) is 0 Å². The fourth-order valence-corrected chi connectivity index (χ4v) is 3.09. The molecule has 1 fully saturated rings. The summed E-state index contributed by atoms with van der Waals surface area (Å²) in [5.74, 6) is -0.0748. The summed E-state index contributed by atoms with van der Waals surface area (Å²) in [5.41, 5.74) is 1.05. The molecule has 2 rings (SSSR count). The van der Waals surface area contributed by atoms with Gasteiger partial charge in [-0.2, -0.15) is 13.1 Å². The second-order valence-corrected chi connectivity index (χ2v) is 5.61. The molecule has 1 saturated heterocycles. The molecule has 1 aliphatic rings. The predicted molar refractivity (Wildman–Crippen MR) is 65.3 cm³/mol. The second-order valence-electron chi connectivity index (χ2n) is 3.93. The van der Waals surface area contributed by atoms with Gasteiger partial charge < -0.3 is 0 Å². The highest BCUT2D eigenvalue weighted by Gasteiger charge is 2.25. The van der Waals surface area contributed by atoms with E-state index in [2.05, 4.69) is 4.72 Å². The van der Waals surface area contributed by atoms with Crippen molar-refractivity contribution in [3.8, 4) is 0 Å². The van der Waals surface area contributed by atoms with Crippen molar-refractivity contribution in [1.82, 2.24) is 4.72 Å². The Morgan fingerprint density at radius 3 is 2.82 bits per heavy atom. The first kappa shape index (κ1) is 12.1. The number of anilines is 1. The van der Waals surface area contributed by atoms with E-state index in [0.717, 1.165) is 6.42 Å². The first-order valence-electron chi connectivity index (χ1n) is 5.39. The van der Waals surface area contributed by atoms with Crippen molar-refractivity contribution in [1.29, 1.82) is 0 Å². The van der Waals surface area contributed by atoms with Crippen LogP contribution in [-0.4, -0.2) is 27.3 Å². The minimum atomic E-state index is -3.45. The lowest BCUT2D eigenvalue weighted by atomic mass is 10.1. The van der Waals surface area contributed by atoms with Crippen molar-refractivity contribution in [2.24, 2.45) is 0 Å². The van der Waals surface area contributed by atoms with Crippen LogP contribution in [0, 0.1) is 0 Å². The maximum absolute atomic E-state index is 11.8. The lowest BCUT2D eigenvalue weighted by Gasteiger charge is -2.28. The molecule has 0 saturated carbocycles. The molecule has 0 bridgehead atoms. The Balaban J connectivity index is 2.39. The van der Waals surface area contributed by atoms with Gasteiger partial charge in [-0.15, -0.1) is 0 Å². The van der Waals surface area contributed by atoms with Crippen LogP contribution in [0.25, 0.3) is 0 Å². The topological polar surface area (TPSA) is 66.5 Å². The molecule has 92 valence electrons. The number of benzene rings is 1. The van der Waals surface area contributed by atoms with E-state index in [-0.39, 0.29) is 5.78 Å². The van der Waals surface area contributed by atoms with Crippen LogP contribution in [-0.2, 0) is 10.2 Å². The minimum Gasteiger partial charge on any atom is -0.295 e. The highest BCUT2D eigenvalue weighted by atomic mass is 32.2. The van der Waals surface area contributed by atoms with Gasteiger partial charge in [0.1, 0.15) is 0 Å². The van der Waals surface area contributed by atoms with Gasteiger partial charge in [0.2, 0.25) is 0 Å². The average molecular weight is 254 g/mol. The summed E-state index contributed by atoms with van der Waals surface area (Å²) in [7, 11) is -3.45. The molecule has 0 aromatic heterocycles. The normalized spacial score (nSPS) is 19.0. The van der Waals surface area contributed by atoms with Crippen molar-refractivity contribution in [2.75, 3.05) is 17.4 Å². The number of hydrogen-bond donors (Lipinski definition) is 1. The molecule has 0 spiro atoms. The fraction of sp³-hybridized carbons (Fsp3) is 0.364. The zero-order chi connectivity index (χ0) is 12.5. The highest BCUT2D eigenvalue weighted by Crippen LogP contribution is 2.21. The SMILES string of the molecule is CC(=O)c1cccc(N2CCCNS2(=O)=O)c1. The van der Waals surface area contributed by atoms with E-state index in [9.17, 15) is 13.2 Å². The number of Topliss-reactive ketones (excluding diaryl/α,β-unsaturated/α-hetero) is 1. The summed E-state index contributed by atoms with van der Waals surface area (Å²) in [5, 5.41) is 0. The number of nitrogens with zero attached hydrogens (tertiary/aromatic N) is 1. The van der Waals surface area contributed by atoms with Gasteiger partial charge in [-0.3, -0.25) is 9.10 Å². The molecule has 0 amide bonds. The van der Waals surface area contributed by atoms with Gasteiger partial charge >= 0.3 is 10.2 Å². The van der Waals surface area contributed by atoms with Crippen LogP contribution in [0.4, 0.5) is 5.69 Å². The summed E-state index contributed by atoms with van der Waals surface area (Å²) >= 11 is 0. The van der Waals surface area contributed by atoms with Crippen LogP contribution < -0.4 is 9.03 Å². The van der Waals surface area contributed by atoms with Crippen molar-refractivity contribution in [2.45, 2.75) is 13.3 Å². The molecule has 1 aliphatic heterocycles. The number of nitrogens with one attached hydrogen (secondary N) is 1. The van der Waals surface area contributed by atoms with Crippen molar-refractivity contribution < 1.29 is 13.2 Å². The molecule has 1 aromatic carbocycles. The summed E-state index contributed by atoms with van der Waals surface area (Å²) in [4.78, 5) is 11.3. The molecule has 5 nitrogen and oxygen atoms in total. The molecular formula is C11H14N2O3S. The number of rotatable bonds is 2. The van der Waals surface area contributed by atoms with Crippen LogP contribution in [0.1, 0.15) is 23.7 Å². The van der Waals surface area contributed by atoms with Crippen molar-refractivity contribution in [3.63, 3.8) is 0 Å². The molecule has 0 radical (unpaired) electrons. The molecule has 1 aromatic rings. The van der Waals surface area contributed by atoms with Gasteiger partial charge in [-0.05, 0) is 25.5 Å². The standard InChI is InChI=1S/C11H14N2O3S/c1-9(14)10-4-2-5-11(8-10)13-7-3-6-12-17(13,15)16/h2,4-5,8,12H,3,6-7H2,1H3. The summed E-state index contributed by atoms with van der Waals surface area (Å²) < 4.78 is 27.3. The van der Waals surface area contributed by atoms with Gasteiger partial charge in [-0.1, -0.05) is 12.1 Å². The minimum absolute atomic E-state index is 0.0748. The average Bonchev–Trinajstić information content (AvgIpc) is 2.28. The Labute approximate surface area is 101 Å². The summed E-state index contributed by atoms with van der Waals surface area (Å²) in [6, 6.07) is 6.66. The van der Waals surface area contributed by atoms with E-state index in [1.165, 1.54) is 11.2 Å². The Hall–Kier alpha value is -1.40. The molecule has 17 heavy (non-hydrogen) atoms. The van der Waals surface area contributed by atoms with E-state index < -0.39 is 10.2 Å². The molecule has 6 heteroatoms. The smallest absolute Gasteiger partial charge is 0.295 e. The Bertz CT molecular complexity index is 539. The molecule has 0 unspecified atom stereocenters. The quantitative estimate of drug-likeness (QED) is 0.798. The molecule has 1 heterocycles. The Morgan fingerprint density at radius 1 is 1.41 bits per heavy atom. The first-order chi connectivity index (χ1) is 8.00. The van der Waals surface area contributed by atoms with E-state index in [4.69, 9.17) is 0 Å². The second kappa shape index (κ2) is 4.46. The van der Waals surface area contributed by atoms with Crippen LogP contribution in [0.3, 0.4) is 0 Å². The summed E-state index contributed by atoms with van der Waals surface area (Å²) in [6.07, 6.45) is 0.754.